The minimum Gasteiger partial charge on any atom is -0.465 e. The van der Waals surface area contributed by atoms with Crippen molar-refractivity contribution in [3.63, 3.8) is 0 Å². The zero-order chi connectivity index (χ0) is 14.4. The fourth-order valence-electron chi connectivity index (χ4n) is 1.61. The van der Waals surface area contributed by atoms with E-state index in [-0.39, 0.29) is 12.0 Å². The van der Waals surface area contributed by atoms with Gasteiger partial charge in [-0.3, -0.25) is 9.88 Å². The summed E-state index contributed by atoms with van der Waals surface area (Å²) in [6.45, 7) is 2.73. The number of methoxy groups -OCH3 is 1. The lowest BCUT2D eigenvalue weighted by atomic mass is 10.2. The summed E-state index contributed by atoms with van der Waals surface area (Å²) in [6.07, 6.45) is 2.19. The summed E-state index contributed by atoms with van der Waals surface area (Å²) >= 11 is 4.90. The Morgan fingerprint density at radius 2 is 2.26 bits per heavy atom. The topological polar surface area (TPSA) is 68.5 Å². The molecule has 0 aliphatic carbocycles. The highest BCUT2D eigenvalue weighted by Crippen LogP contribution is 2.08. The van der Waals surface area contributed by atoms with E-state index in [9.17, 15) is 4.79 Å². The van der Waals surface area contributed by atoms with E-state index in [2.05, 4.69) is 21.5 Å². The van der Waals surface area contributed by atoms with Gasteiger partial charge >= 0.3 is 5.97 Å². The van der Waals surface area contributed by atoms with Gasteiger partial charge in [-0.1, -0.05) is 12.2 Å². The summed E-state index contributed by atoms with van der Waals surface area (Å²) in [7, 11) is 3.33. The third-order valence-electron chi connectivity index (χ3n) is 2.91. The average molecular weight is 281 g/mol. The van der Waals surface area contributed by atoms with Crippen molar-refractivity contribution in [2.45, 2.75) is 25.9 Å². The van der Waals surface area contributed by atoms with Gasteiger partial charge in [-0.25, -0.2) is 4.79 Å². The third-order valence-corrected chi connectivity index (χ3v) is 3.07. The monoisotopic (exact) mass is 281 g/mol. The number of ether oxygens (including phenoxy) is 1. The van der Waals surface area contributed by atoms with Gasteiger partial charge in [0.2, 0.25) is 0 Å². The largest absolute Gasteiger partial charge is 0.465 e. The van der Waals surface area contributed by atoms with Gasteiger partial charge in [-0.15, -0.1) is 0 Å². The number of nitrogens with zero attached hydrogens (tertiary/aromatic N) is 2. The van der Waals surface area contributed by atoms with Crippen LogP contribution in [0.5, 0.6) is 0 Å². The van der Waals surface area contributed by atoms with Crippen LogP contribution in [0.4, 0.5) is 0 Å². The molecule has 0 saturated heterocycles. The fourth-order valence-corrected chi connectivity index (χ4v) is 1.86. The second-order valence-corrected chi connectivity index (χ2v) is 4.99. The van der Waals surface area contributed by atoms with Gasteiger partial charge in [0.25, 0.3) is 0 Å². The maximum Gasteiger partial charge on any atom is 0.339 e. The van der Waals surface area contributed by atoms with Crippen molar-refractivity contribution in [3.05, 3.63) is 29.6 Å². The molecule has 0 aromatic carbocycles. The summed E-state index contributed by atoms with van der Waals surface area (Å²) in [4.78, 5) is 18.1. The molecule has 1 rings (SSSR count). The number of thiocarbonyl (C=S) groups is 1. The van der Waals surface area contributed by atoms with Crippen LogP contribution in [0, 0.1) is 0 Å². The Bertz CT molecular complexity index is 448. The standard InChI is InChI=1S/C13H19N3O2S/c1-9(6-12(14)19)16(2)8-11-5-4-10(7-15-11)13(17)18-3/h4-5,7,9H,6,8H2,1-3H3,(H2,14,19). The van der Waals surface area contributed by atoms with E-state index in [1.807, 2.05) is 13.1 Å². The van der Waals surface area contributed by atoms with Crippen molar-refractivity contribution >= 4 is 23.2 Å². The predicted octanol–water partition coefficient (Wildman–Crippen LogP) is 1.36. The number of hydrogen-bond donors (Lipinski definition) is 1. The Morgan fingerprint density at radius 3 is 2.74 bits per heavy atom. The number of carbonyl (C=O) groups is 1. The Morgan fingerprint density at radius 1 is 1.58 bits per heavy atom. The van der Waals surface area contributed by atoms with Gasteiger partial charge in [0.05, 0.1) is 23.4 Å². The minimum atomic E-state index is -0.380. The smallest absolute Gasteiger partial charge is 0.339 e. The van der Waals surface area contributed by atoms with E-state index >= 15 is 0 Å². The molecule has 6 heteroatoms. The first-order valence-electron chi connectivity index (χ1n) is 5.95. The van der Waals surface area contributed by atoms with Crippen LogP contribution >= 0.6 is 12.2 Å². The van der Waals surface area contributed by atoms with Crippen molar-refractivity contribution < 1.29 is 9.53 Å². The molecule has 0 aliphatic rings. The van der Waals surface area contributed by atoms with Crippen molar-refractivity contribution in [2.75, 3.05) is 14.2 Å². The summed E-state index contributed by atoms with van der Waals surface area (Å²) < 4.78 is 4.62. The van der Waals surface area contributed by atoms with Gasteiger partial charge in [-0.05, 0) is 26.1 Å². The van der Waals surface area contributed by atoms with Crippen LogP contribution < -0.4 is 5.73 Å². The molecule has 1 aromatic heterocycles. The zero-order valence-electron chi connectivity index (χ0n) is 11.4. The number of hydrogen-bond acceptors (Lipinski definition) is 5. The van der Waals surface area contributed by atoms with E-state index in [1.54, 1.807) is 6.07 Å². The second-order valence-electron chi connectivity index (χ2n) is 4.46. The molecule has 5 nitrogen and oxygen atoms in total. The van der Waals surface area contributed by atoms with Crippen LogP contribution in [0.2, 0.25) is 0 Å². The van der Waals surface area contributed by atoms with Crippen LogP contribution in [0.3, 0.4) is 0 Å². The Balaban J connectivity index is 2.62. The quantitative estimate of drug-likeness (QED) is 0.627. The number of rotatable bonds is 6. The van der Waals surface area contributed by atoms with Crippen LogP contribution in [0.15, 0.2) is 18.3 Å². The number of aromatic nitrogens is 1. The maximum atomic E-state index is 11.3. The number of nitrogens with two attached hydrogens (primary N) is 1. The molecule has 104 valence electrons. The highest BCUT2D eigenvalue weighted by molar-refractivity contribution is 7.80. The van der Waals surface area contributed by atoms with E-state index in [4.69, 9.17) is 18.0 Å². The fraction of sp³-hybridized carbons (Fsp3) is 0.462. The van der Waals surface area contributed by atoms with Crippen molar-refractivity contribution in [1.82, 2.24) is 9.88 Å². The molecule has 2 N–H and O–H groups in total. The van der Waals surface area contributed by atoms with Gasteiger partial charge in [0, 0.05) is 25.2 Å². The maximum absolute atomic E-state index is 11.3. The molecular weight excluding hydrogens is 262 g/mol. The first kappa shape index (κ1) is 15.5. The third kappa shape index (κ3) is 4.92. The summed E-state index contributed by atoms with van der Waals surface area (Å²) in [5.41, 5.74) is 6.86. The van der Waals surface area contributed by atoms with Gasteiger partial charge < -0.3 is 10.5 Å². The molecule has 0 spiro atoms. The molecule has 0 radical (unpaired) electrons. The Kier molecular flexibility index (Phi) is 5.85. The number of pyridine rings is 1. The van der Waals surface area contributed by atoms with Crippen LogP contribution in [0.1, 0.15) is 29.4 Å². The van der Waals surface area contributed by atoms with Crippen molar-refractivity contribution in [1.29, 1.82) is 0 Å². The molecule has 1 heterocycles. The second kappa shape index (κ2) is 7.16. The van der Waals surface area contributed by atoms with Crippen LogP contribution in [-0.4, -0.2) is 41.0 Å². The van der Waals surface area contributed by atoms with Gasteiger partial charge in [0.1, 0.15) is 0 Å². The van der Waals surface area contributed by atoms with E-state index < -0.39 is 0 Å². The molecule has 1 unspecified atom stereocenters. The summed E-state index contributed by atoms with van der Waals surface area (Å²) in [6, 6.07) is 3.77. The molecule has 0 amide bonds. The van der Waals surface area contributed by atoms with Crippen LogP contribution in [-0.2, 0) is 11.3 Å². The van der Waals surface area contributed by atoms with E-state index in [0.717, 1.165) is 5.69 Å². The predicted molar refractivity (Wildman–Crippen MR) is 77.9 cm³/mol. The molecule has 0 aliphatic heterocycles. The molecular formula is C13H19N3O2S. The number of esters is 1. The Labute approximate surface area is 118 Å². The zero-order valence-corrected chi connectivity index (χ0v) is 12.2. The highest BCUT2D eigenvalue weighted by atomic mass is 32.1. The number of carbonyl (C=O) groups excluding carboxylic acids is 1. The normalized spacial score (nSPS) is 12.2. The van der Waals surface area contributed by atoms with Gasteiger partial charge in [0.15, 0.2) is 0 Å². The van der Waals surface area contributed by atoms with Crippen molar-refractivity contribution in [3.8, 4) is 0 Å². The lowest BCUT2D eigenvalue weighted by Crippen LogP contribution is -2.32. The minimum absolute atomic E-state index is 0.250. The first-order valence-corrected chi connectivity index (χ1v) is 6.36. The SMILES string of the molecule is COC(=O)c1ccc(CN(C)C(C)CC(N)=S)nc1. The molecule has 0 fully saturated rings. The van der Waals surface area contributed by atoms with Crippen molar-refractivity contribution in [2.24, 2.45) is 5.73 Å². The molecule has 0 bridgehead atoms. The highest BCUT2D eigenvalue weighted by Gasteiger charge is 2.12. The summed E-state index contributed by atoms with van der Waals surface area (Å²) in [5.74, 6) is -0.380. The van der Waals surface area contributed by atoms with E-state index in [1.165, 1.54) is 13.3 Å². The average Bonchev–Trinajstić information content (AvgIpc) is 2.37. The van der Waals surface area contributed by atoms with Gasteiger partial charge in [-0.2, -0.15) is 0 Å². The van der Waals surface area contributed by atoms with E-state index in [0.29, 0.717) is 23.5 Å². The molecule has 1 aromatic rings. The Hall–Kier alpha value is -1.53. The molecule has 1 atom stereocenters. The first-order chi connectivity index (χ1) is 8.93. The lowest BCUT2D eigenvalue weighted by Gasteiger charge is -2.23. The lowest BCUT2D eigenvalue weighted by molar-refractivity contribution is 0.0600. The molecule has 19 heavy (non-hydrogen) atoms. The summed E-state index contributed by atoms with van der Waals surface area (Å²) in [5, 5.41) is 0. The molecule has 0 saturated carbocycles. The van der Waals surface area contributed by atoms with Crippen LogP contribution in [0.25, 0.3) is 0 Å².